The third-order valence-electron chi connectivity index (χ3n) is 9.56. The molecule has 0 amide bonds. The highest BCUT2D eigenvalue weighted by Crippen LogP contribution is 2.59. The number of imidazole rings is 1. The molecule has 0 bridgehead atoms. The number of aryl methyl sites for hydroxylation is 2. The van der Waals surface area contributed by atoms with Crippen molar-refractivity contribution in [1.82, 2.24) is 29.7 Å². The van der Waals surface area contributed by atoms with Crippen molar-refractivity contribution in [1.29, 1.82) is 0 Å². The van der Waals surface area contributed by atoms with Gasteiger partial charge in [-0.05, 0) is 50.3 Å². The molecule has 200 valence electrons. The van der Waals surface area contributed by atoms with Crippen molar-refractivity contribution in [3.8, 4) is 5.69 Å². The molecule has 5 heterocycles. The van der Waals surface area contributed by atoms with E-state index in [9.17, 15) is 5.11 Å². The van der Waals surface area contributed by atoms with Crippen molar-refractivity contribution in [2.24, 2.45) is 0 Å². The van der Waals surface area contributed by atoms with Crippen LogP contribution in [0.2, 0.25) is 0 Å². The molecule has 2 aliphatic heterocycles. The fraction of sp³-hybridized carbons (Fsp3) is 0.419. The summed E-state index contributed by atoms with van der Waals surface area (Å²) in [4.78, 5) is 20.1. The zero-order valence-electron chi connectivity index (χ0n) is 23.3. The molecule has 8 nitrogen and oxygen atoms in total. The van der Waals surface area contributed by atoms with E-state index in [0.717, 1.165) is 60.1 Å². The number of hydrogen-bond acceptors (Lipinski definition) is 6. The predicted octanol–water partition coefficient (Wildman–Crippen LogP) is 4.43. The first-order valence-electron chi connectivity index (χ1n) is 14.0. The summed E-state index contributed by atoms with van der Waals surface area (Å²) in [5.74, 6) is 0.761. The summed E-state index contributed by atoms with van der Waals surface area (Å²) in [6, 6.07) is 6.59. The van der Waals surface area contributed by atoms with Crippen LogP contribution >= 0.6 is 0 Å². The summed E-state index contributed by atoms with van der Waals surface area (Å²) < 4.78 is 2.22. The molecule has 0 saturated heterocycles. The zero-order chi connectivity index (χ0) is 27.1. The molecule has 8 heteroatoms. The quantitative estimate of drug-likeness (QED) is 0.413. The average Bonchev–Trinajstić information content (AvgIpc) is 3.62. The van der Waals surface area contributed by atoms with Crippen LogP contribution in [0.15, 0.2) is 42.5 Å². The number of aromatic nitrogens is 6. The van der Waals surface area contributed by atoms with Gasteiger partial charge in [0.1, 0.15) is 0 Å². The molecule has 3 aromatic heterocycles. The molecule has 2 N–H and O–H groups in total. The molecule has 39 heavy (non-hydrogen) atoms. The van der Waals surface area contributed by atoms with Crippen molar-refractivity contribution in [2.75, 3.05) is 18.1 Å². The molecule has 7 rings (SSSR count). The van der Waals surface area contributed by atoms with Gasteiger partial charge in [-0.2, -0.15) is 5.10 Å². The van der Waals surface area contributed by atoms with Crippen LogP contribution in [0.25, 0.3) is 11.3 Å². The van der Waals surface area contributed by atoms with Gasteiger partial charge in [-0.1, -0.05) is 37.6 Å². The number of allylic oxidation sites excluding steroid dienone is 1. The maximum absolute atomic E-state index is 10.7. The van der Waals surface area contributed by atoms with Gasteiger partial charge in [0.05, 0.1) is 52.2 Å². The Kier molecular flexibility index (Phi) is 5.20. The Hall–Kier alpha value is -3.78. The standard InChI is InChI=1S/C31H35N7O/c1-6-19-13-32-29(33-14-19)37-12-11-23-22(15-37)28-31(5)24(18(3)30(4,16-39)26-27(31)35-17-34-26)21-10-8-9-20(7-2)25(21)38(28)36-23/h8-10,13-14,17,39H,6-7,11-12,15-16H2,1-5H3,(H,34,35). The van der Waals surface area contributed by atoms with Gasteiger partial charge in [0.15, 0.2) is 0 Å². The minimum atomic E-state index is -0.552. The minimum Gasteiger partial charge on any atom is -0.395 e. The Morgan fingerprint density at radius 3 is 2.59 bits per heavy atom. The van der Waals surface area contributed by atoms with Crippen molar-refractivity contribution < 1.29 is 5.11 Å². The van der Waals surface area contributed by atoms with Crippen LogP contribution in [0.3, 0.4) is 0 Å². The van der Waals surface area contributed by atoms with Crippen LogP contribution < -0.4 is 4.90 Å². The van der Waals surface area contributed by atoms with Crippen LogP contribution in [0.4, 0.5) is 5.95 Å². The maximum atomic E-state index is 10.7. The lowest BCUT2D eigenvalue weighted by atomic mass is 9.58. The summed E-state index contributed by atoms with van der Waals surface area (Å²) in [7, 11) is 0. The molecule has 2 atom stereocenters. The number of hydrogen-bond donors (Lipinski definition) is 2. The van der Waals surface area contributed by atoms with Crippen LogP contribution in [-0.2, 0) is 36.6 Å². The van der Waals surface area contributed by atoms with Gasteiger partial charge in [0.2, 0.25) is 5.95 Å². The van der Waals surface area contributed by atoms with Gasteiger partial charge in [-0.15, -0.1) is 0 Å². The Balaban J connectivity index is 1.51. The number of aliphatic hydroxyl groups excluding tert-OH is 1. The van der Waals surface area contributed by atoms with Crippen molar-refractivity contribution in [3.63, 3.8) is 0 Å². The Morgan fingerprint density at radius 2 is 1.87 bits per heavy atom. The third kappa shape index (κ3) is 3.03. The van der Waals surface area contributed by atoms with Crippen molar-refractivity contribution >= 4 is 11.5 Å². The van der Waals surface area contributed by atoms with Gasteiger partial charge in [0, 0.05) is 43.0 Å². The van der Waals surface area contributed by atoms with Crippen LogP contribution in [0, 0.1) is 0 Å². The zero-order valence-corrected chi connectivity index (χ0v) is 23.3. The molecular formula is C31H35N7O. The number of H-pyrrole nitrogens is 1. The van der Waals surface area contributed by atoms with Crippen LogP contribution in [0.5, 0.6) is 0 Å². The van der Waals surface area contributed by atoms with E-state index in [4.69, 9.17) is 20.1 Å². The molecule has 4 aromatic rings. The highest BCUT2D eigenvalue weighted by Gasteiger charge is 2.55. The molecule has 1 aromatic carbocycles. The minimum absolute atomic E-state index is 0.00660. The molecular weight excluding hydrogens is 486 g/mol. The number of para-hydroxylation sites is 1. The molecule has 3 aliphatic rings. The maximum Gasteiger partial charge on any atom is 0.225 e. The van der Waals surface area contributed by atoms with Gasteiger partial charge >= 0.3 is 0 Å². The first-order valence-corrected chi connectivity index (χ1v) is 14.0. The van der Waals surface area contributed by atoms with Gasteiger partial charge in [-0.3, -0.25) is 0 Å². The number of anilines is 1. The number of nitrogens with zero attached hydrogens (tertiary/aromatic N) is 6. The molecule has 1 aliphatic carbocycles. The fourth-order valence-electron chi connectivity index (χ4n) is 7.19. The lowest BCUT2D eigenvalue weighted by Crippen LogP contribution is -2.45. The van der Waals surface area contributed by atoms with E-state index in [2.05, 4.69) is 67.4 Å². The first kappa shape index (κ1) is 24.3. The molecule has 0 fully saturated rings. The largest absolute Gasteiger partial charge is 0.395 e. The van der Waals surface area contributed by atoms with E-state index < -0.39 is 10.8 Å². The topological polar surface area (TPSA) is 95.8 Å². The van der Waals surface area contributed by atoms with E-state index in [1.165, 1.54) is 33.5 Å². The normalized spacial score (nSPS) is 23.2. The van der Waals surface area contributed by atoms with E-state index in [-0.39, 0.29) is 6.61 Å². The van der Waals surface area contributed by atoms with E-state index in [1.807, 2.05) is 12.4 Å². The summed E-state index contributed by atoms with van der Waals surface area (Å²) in [6.07, 6.45) is 8.31. The fourth-order valence-corrected chi connectivity index (χ4v) is 7.19. The van der Waals surface area contributed by atoms with Gasteiger partial charge in [-0.25, -0.2) is 19.6 Å². The number of aliphatic hydroxyl groups is 1. The number of aromatic amines is 1. The number of nitrogens with one attached hydrogen (secondary N) is 1. The second-order valence-electron chi connectivity index (χ2n) is 11.5. The Bertz CT molecular complexity index is 1650. The number of rotatable bonds is 4. The van der Waals surface area contributed by atoms with E-state index in [1.54, 1.807) is 6.33 Å². The second-order valence-corrected chi connectivity index (χ2v) is 11.5. The van der Waals surface area contributed by atoms with Gasteiger partial charge in [0.25, 0.3) is 0 Å². The average molecular weight is 522 g/mol. The van der Waals surface area contributed by atoms with E-state index >= 15 is 0 Å². The Labute approximate surface area is 228 Å². The third-order valence-corrected chi connectivity index (χ3v) is 9.56. The number of fused-ring (bicyclic) bond motifs is 10. The highest BCUT2D eigenvalue weighted by atomic mass is 16.3. The highest BCUT2D eigenvalue weighted by molar-refractivity contribution is 5.91. The molecule has 0 saturated carbocycles. The second kappa shape index (κ2) is 8.36. The summed E-state index contributed by atoms with van der Waals surface area (Å²) in [5.41, 5.74) is 11.6. The Morgan fingerprint density at radius 1 is 1.08 bits per heavy atom. The summed E-state index contributed by atoms with van der Waals surface area (Å²) in [6.45, 7) is 12.5. The SMILES string of the molecule is CCc1cnc(N2CCc3nn4c(c3C2)C2(C)C(=C(C)C(C)(CO)c3[nH]cnc32)c2cccc(CC)c2-4)nc1. The van der Waals surface area contributed by atoms with Gasteiger partial charge < -0.3 is 15.0 Å². The van der Waals surface area contributed by atoms with Crippen molar-refractivity contribution in [2.45, 2.75) is 71.3 Å². The summed E-state index contributed by atoms with van der Waals surface area (Å²) in [5, 5.41) is 16.0. The molecule has 0 spiro atoms. The predicted molar refractivity (Wildman–Crippen MR) is 151 cm³/mol. The van der Waals surface area contributed by atoms with Crippen LogP contribution in [0.1, 0.15) is 79.6 Å². The summed E-state index contributed by atoms with van der Waals surface area (Å²) >= 11 is 0. The first-order chi connectivity index (χ1) is 18.9. The lowest BCUT2D eigenvalue weighted by molar-refractivity contribution is 0.222. The lowest BCUT2D eigenvalue weighted by Gasteiger charge is -2.47. The van der Waals surface area contributed by atoms with E-state index in [0.29, 0.717) is 6.54 Å². The molecule has 0 radical (unpaired) electrons. The van der Waals surface area contributed by atoms with Crippen LogP contribution in [-0.4, -0.2) is 48.0 Å². The smallest absolute Gasteiger partial charge is 0.225 e. The number of benzene rings is 1. The van der Waals surface area contributed by atoms with Crippen molar-refractivity contribution in [3.05, 3.63) is 87.5 Å². The monoisotopic (exact) mass is 521 g/mol. The molecule has 2 unspecified atom stereocenters.